The van der Waals surface area contributed by atoms with Gasteiger partial charge in [0.2, 0.25) is 59.1 Å². The maximum Gasteiger partial charge on any atom is 0.246 e. The molecule has 0 radical (unpaired) electrons. The Kier molecular flexibility index (Phi) is 23.1. The van der Waals surface area contributed by atoms with Crippen LogP contribution in [0.5, 0.6) is 5.75 Å². The number of nitrogens with zero attached hydrogens (tertiary/aromatic N) is 1. The predicted octanol–water partition coefficient (Wildman–Crippen LogP) is -3.35. The Morgan fingerprint density at radius 2 is 1.51 bits per heavy atom. The van der Waals surface area contributed by atoms with Gasteiger partial charge in [0.15, 0.2) is 0 Å². The quantitative estimate of drug-likeness (QED) is 0.0536. The van der Waals surface area contributed by atoms with Gasteiger partial charge in [-0.05, 0) is 69.2 Å². The molecule has 0 aromatic heterocycles. The minimum atomic E-state index is -1.75. The van der Waals surface area contributed by atoms with Crippen molar-refractivity contribution in [3.05, 3.63) is 29.8 Å². The summed E-state index contributed by atoms with van der Waals surface area (Å²) in [5.41, 5.74) is 16.9. The van der Waals surface area contributed by atoms with Crippen molar-refractivity contribution in [1.82, 2.24) is 42.1 Å². The third-order valence-electron chi connectivity index (χ3n) is 11.1. The minimum Gasteiger partial charge on any atom is -0.508 e. The SMILES string of the molecule is CC[C@H](C)[C@@H]1NC(=O)[C@H](Cc2ccc(O)cc2)NC(=O)CCSSC[C@@H](C(=O)N2CCC[C@H]2C(=O)N[C@@H](CCCCN)C(=O)NCC(N)=O)NC(=O)[C@H](CC(N)=O)NC(=O)[C@H]([C@@H](C)O)NC1=O. The number of primary amides is 2. The second-order valence-corrected chi connectivity index (χ2v) is 19.1. The lowest BCUT2D eigenvalue weighted by atomic mass is 9.96. The van der Waals surface area contributed by atoms with Crippen LogP contribution in [-0.4, -0.2) is 154 Å². The first kappa shape index (κ1) is 55.7. The van der Waals surface area contributed by atoms with Gasteiger partial charge in [-0.25, -0.2) is 0 Å². The smallest absolute Gasteiger partial charge is 0.246 e. The lowest BCUT2D eigenvalue weighted by Gasteiger charge is -2.31. The van der Waals surface area contributed by atoms with Crippen LogP contribution in [0.25, 0.3) is 0 Å². The predicted molar refractivity (Wildman–Crippen MR) is 248 cm³/mol. The van der Waals surface area contributed by atoms with Gasteiger partial charge in [-0.1, -0.05) is 54.0 Å². The van der Waals surface area contributed by atoms with Crippen LogP contribution in [0.2, 0.25) is 0 Å². The van der Waals surface area contributed by atoms with Crippen LogP contribution < -0.4 is 54.4 Å². The zero-order chi connectivity index (χ0) is 49.8. The topological polar surface area (TPSA) is 377 Å². The highest BCUT2D eigenvalue weighted by Crippen LogP contribution is 2.26. The molecule has 15 N–H and O–H groups in total. The van der Waals surface area contributed by atoms with Crippen molar-refractivity contribution in [2.24, 2.45) is 23.1 Å². The first-order valence-electron chi connectivity index (χ1n) is 22.1. The van der Waals surface area contributed by atoms with Crippen LogP contribution >= 0.6 is 21.6 Å². The summed E-state index contributed by atoms with van der Waals surface area (Å²) in [6.07, 6.45) is -0.462. The van der Waals surface area contributed by atoms with Crippen molar-refractivity contribution < 1.29 is 58.2 Å². The number of rotatable bonds is 17. The summed E-state index contributed by atoms with van der Waals surface area (Å²) in [7, 11) is 2.24. The number of phenolic OH excluding ortho intramolecular Hbond substituents is 1. The second kappa shape index (κ2) is 27.9. The van der Waals surface area contributed by atoms with Crippen LogP contribution in [0.15, 0.2) is 24.3 Å². The number of benzene rings is 1. The van der Waals surface area contributed by atoms with E-state index in [-0.39, 0.29) is 49.5 Å². The van der Waals surface area contributed by atoms with Gasteiger partial charge in [0.05, 0.1) is 19.1 Å². The number of nitrogens with two attached hydrogens (primary N) is 3. The highest BCUT2D eigenvalue weighted by Gasteiger charge is 2.41. The van der Waals surface area contributed by atoms with Crippen LogP contribution in [0.1, 0.15) is 77.7 Å². The van der Waals surface area contributed by atoms with Crippen LogP contribution in [0, 0.1) is 5.92 Å². The van der Waals surface area contributed by atoms with Crippen molar-refractivity contribution in [3.63, 3.8) is 0 Å². The van der Waals surface area contributed by atoms with E-state index in [1.807, 2.05) is 0 Å². The molecule has 9 atom stereocenters. The number of carbonyl (C=O) groups excluding carboxylic acids is 10. The Morgan fingerprint density at radius 3 is 2.13 bits per heavy atom. The molecule has 3 rings (SSSR count). The number of amides is 10. The fraction of sp³-hybridized carbons (Fsp3) is 0.619. The van der Waals surface area contributed by atoms with E-state index in [1.54, 1.807) is 26.0 Å². The van der Waals surface area contributed by atoms with E-state index >= 15 is 0 Å². The molecular weight excluding hydrogens is 915 g/mol. The number of aromatic hydroxyl groups is 1. The molecule has 0 aliphatic carbocycles. The Morgan fingerprint density at radius 1 is 0.851 bits per heavy atom. The summed E-state index contributed by atoms with van der Waals surface area (Å²) < 4.78 is 0. The summed E-state index contributed by atoms with van der Waals surface area (Å²) in [5, 5.41) is 38.4. The van der Waals surface area contributed by atoms with E-state index < -0.39 is 126 Å². The van der Waals surface area contributed by atoms with Gasteiger partial charge in [-0.3, -0.25) is 47.9 Å². The fourth-order valence-corrected chi connectivity index (χ4v) is 9.35. The molecule has 2 heterocycles. The van der Waals surface area contributed by atoms with E-state index in [9.17, 15) is 58.2 Å². The van der Waals surface area contributed by atoms with Crippen molar-refractivity contribution >= 4 is 80.7 Å². The second-order valence-electron chi connectivity index (χ2n) is 16.5. The summed E-state index contributed by atoms with van der Waals surface area (Å²) in [5.74, 6) is -8.81. The molecular formula is C42H65N11O12S2. The van der Waals surface area contributed by atoms with E-state index in [0.29, 0.717) is 37.8 Å². The Hall–Kier alpha value is -5.66. The summed E-state index contributed by atoms with van der Waals surface area (Å²) in [4.78, 5) is 135. The van der Waals surface area contributed by atoms with Crippen molar-refractivity contribution in [1.29, 1.82) is 0 Å². The van der Waals surface area contributed by atoms with E-state index in [1.165, 1.54) is 24.0 Å². The zero-order valence-electron chi connectivity index (χ0n) is 37.9. The van der Waals surface area contributed by atoms with Crippen LogP contribution in [0.3, 0.4) is 0 Å². The van der Waals surface area contributed by atoms with Gasteiger partial charge in [-0.15, -0.1) is 0 Å². The first-order valence-corrected chi connectivity index (χ1v) is 24.6. The van der Waals surface area contributed by atoms with E-state index in [2.05, 4.69) is 37.2 Å². The van der Waals surface area contributed by atoms with E-state index in [4.69, 9.17) is 17.2 Å². The number of aliphatic hydroxyl groups excluding tert-OH is 1. The highest BCUT2D eigenvalue weighted by molar-refractivity contribution is 8.76. The van der Waals surface area contributed by atoms with Gasteiger partial charge in [0.25, 0.3) is 0 Å². The molecule has 2 saturated heterocycles. The number of nitrogens with one attached hydrogen (secondary N) is 7. The normalized spacial score (nSPS) is 24.0. The Balaban J connectivity index is 1.98. The zero-order valence-corrected chi connectivity index (χ0v) is 39.5. The molecule has 1 aromatic rings. The molecule has 23 nitrogen and oxygen atoms in total. The monoisotopic (exact) mass is 979 g/mol. The van der Waals surface area contributed by atoms with Crippen molar-refractivity contribution in [2.45, 2.75) is 127 Å². The number of hydrogen-bond donors (Lipinski definition) is 12. The number of hydrogen-bond acceptors (Lipinski definition) is 15. The summed E-state index contributed by atoms with van der Waals surface area (Å²) >= 11 is 0. The average molecular weight is 980 g/mol. The fourth-order valence-electron chi connectivity index (χ4n) is 7.21. The number of likely N-dealkylation sites (tertiary alicyclic amines) is 1. The van der Waals surface area contributed by atoms with Gasteiger partial charge < -0.3 is 69.5 Å². The molecule has 10 amide bonds. The Bertz CT molecular complexity index is 1930. The largest absolute Gasteiger partial charge is 0.508 e. The number of phenols is 1. The first-order chi connectivity index (χ1) is 31.7. The molecule has 67 heavy (non-hydrogen) atoms. The molecule has 1 aromatic carbocycles. The minimum absolute atomic E-state index is 0.0214. The lowest BCUT2D eigenvalue weighted by molar-refractivity contribution is -0.142. The number of carbonyl (C=O) groups is 10. The molecule has 0 spiro atoms. The third-order valence-corrected chi connectivity index (χ3v) is 13.5. The van der Waals surface area contributed by atoms with Gasteiger partial charge in [0, 0.05) is 30.9 Å². The lowest BCUT2D eigenvalue weighted by Crippen LogP contribution is -2.63. The van der Waals surface area contributed by atoms with Crippen LogP contribution in [-0.2, 0) is 54.4 Å². The molecule has 2 aliphatic rings. The van der Waals surface area contributed by atoms with Gasteiger partial charge in [-0.2, -0.15) is 0 Å². The number of aliphatic hydroxyl groups is 1. The summed E-state index contributed by atoms with van der Waals surface area (Å²) in [6, 6.07) is -3.64. The van der Waals surface area contributed by atoms with E-state index in [0.717, 1.165) is 21.6 Å². The molecule has 372 valence electrons. The molecule has 2 fully saturated rings. The highest BCUT2D eigenvalue weighted by atomic mass is 33.1. The van der Waals surface area contributed by atoms with Gasteiger partial charge in [0.1, 0.15) is 48.0 Å². The standard InChI is InChI=1S/C42H65N11O12S2/c1-4-22(2)34-40(63)52-35(23(3)54)41(64)49-28(19-31(44)56)37(60)50-29(21-67-66-17-14-33(58)47-27(38(61)51-34)18-24-10-12-25(55)13-11-24)42(65)53-16-7-9-30(53)39(62)48-26(8-5-6-15-43)36(59)46-20-32(45)57/h10-13,22-23,26-30,34-35,54-55H,4-9,14-21,43H2,1-3H3,(H2,44,56)(H2,45,57)(H,46,59)(H,47,58)(H,48,62)(H,49,64)(H,50,60)(H,51,61)(H,52,63)/t22-,23+,26-,27-,28-,29-,30-,34-,35-/m0/s1. The molecule has 2 aliphatic heterocycles. The molecule has 0 saturated carbocycles. The Labute approximate surface area is 396 Å². The molecule has 25 heteroatoms. The molecule has 0 unspecified atom stereocenters. The maximum absolute atomic E-state index is 14.4. The average Bonchev–Trinajstić information content (AvgIpc) is 3.78. The summed E-state index contributed by atoms with van der Waals surface area (Å²) in [6.45, 7) is 4.54. The van der Waals surface area contributed by atoms with Crippen molar-refractivity contribution in [2.75, 3.05) is 31.1 Å². The van der Waals surface area contributed by atoms with Crippen molar-refractivity contribution in [3.8, 4) is 5.75 Å². The third kappa shape index (κ3) is 18.2. The van der Waals surface area contributed by atoms with Gasteiger partial charge >= 0.3 is 0 Å². The number of unbranched alkanes of at least 4 members (excludes halogenated alkanes) is 1. The maximum atomic E-state index is 14.4. The van der Waals surface area contributed by atoms with Crippen LogP contribution in [0.4, 0.5) is 0 Å². The molecule has 0 bridgehead atoms.